The molecule has 5 rings (SSSR count). The molecule has 0 saturated heterocycles. The van der Waals surface area contributed by atoms with E-state index >= 15 is 0 Å². The van der Waals surface area contributed by atoms with Crippen LogP contribution in [0.5, 0.6) is 0 Å². The molecule has 2 aromatic heterocycles. The van der Waals surface area contributed by atoms with E-state index in [4.69, 9.17) is 9.84 Å². The van der Waals surface area contributed by atoms with Gasteiger partial charge in [0.15, 0.2) is 0 Å². The summed E-state index contributed by atoms with van der Waals surface area (Å²) < 4.78 is 7.51. The van der Waals surface area contributed by atoms with E-state index < -0.39 is 17.2 Å². The number of aromatic nitrogens is 3. The number of hydrogen-bond acceptors (Lipinski definition) is 4. The average molecular weight is 491 g/mol. The van der Waals surface area contributed by atoms with Crippen LogP contribution in [0.15, 0.2) is 103 Å². The number of hydrogen-bond donors (Lipinski definition) is 1. The number of nitrogens with one attached hydrogen (secondary N) is 1. The highest BCUT2D eigenvalue weighted by molar-refractivity contribution is 5.89. The number of carbonyl (C=O) groups is 1. The van der Waals surface area contributed by atoms with Gasteiger partial charge in [-0.25, -0.2) is 14.5 Å². The van der Waals surface area contributed by atoms with Gasteiger partial charge in [-0.3, -0.25) is 5.32 Å². The van der Waals surface area contributed by atoms with E-state index in [1.165, 1.54) is 0 Å². The molecule has 0 aliphatic heterocycles. The normalized spacial score (nSPS) is 11.9. The van der Waals surface area contributed by atoms with Gasteiger partial charge in [-0.1, -0.05) is 91.0 Å². The molecule has 0 bridgehead atoms. The highest BCUT2D eigenvalue weighted by atomic mass is 16.6. The van der Waals surface area contributed by atoms with Crippen LogP contribution >= 0.6 is 0 Å². The summed E-state index contributed by atoms with van der Waals surface area (Å²) in [6, 6.07) is 33.0. The van der Waals surface area contributed by atoms with Crippen LogP contribution in [0.2, 0.25) is 0 Å². The van der Waals surface area contributed by atoms with Crippen molar-refractivity contribution in [2.75, 3.05) is 5.32 Å². The quantitative estimate of drug-likeness (QED) is 0.271. The molecule has 0 aliphatic carbocycles. The summed E-state index contributed by atoms with van der Waals surface area (Å²) in [5.74, 6) is 0.394. The summed E-state index contributed by atoms with van der Waals surface area (Å²) in [5, 5.41) is 8.79. The molecule has 1 amide bonds. The van der Waals surface area contributed by atoms with Gasteiger partial charge in [0.1, 0.15) is 17.0 Å². The Morgan fingerprint density at radius 3 is 1.76 bits per heavy atom. The van der Waals surface area contributed by atoms with Crippen molar-refractivity contribution in [3.05, 3.63) is 126 Å². The minimum atomic E-state index is -0.777. The number of fused-ring (bicyclic) bond motifs is 1. The minimum Gasteiger partial charge on any atom is -0.444 e. The van der Waals surface area contributed by atoms with Gasteiger partial charge < -0.3 is 4.74 Å². The summed E-state index contributed by atoms with van der Waals surface area (Å²) in [6.07, 6.45) is 1.20. The zero-order chi connectivity index (χ0) is 26.0. The lowest BCUT2D eigenvalue weighted by atomic mass is 9.77. The van der Waals surface area contributed by atoms with Crippen molar-refractivity contribution in [2.45, 2.75) is 38.8 Å². The third-order valence-corrected chi connectivity index (χ3v) is 6.27. The zero-order valence-corrected chi connectivity index (χ0v) is 21.5. The Morgan fingerprint density at radius 2 is 1.30 bits per heavy atom. The molecule has 0 unspecified atom stereocenters. The molecular formula is C31H30N4O2. The van der Waals surface area contributed by atoms with Crippen LogP contribution in [-0.4, -0.2) is 26.5 Å². The largest absolute Gasteiger partial charge is 0.444 e. The molecule has 1 N–H and O–H groups in total. The first-order valence-electron chi connectivity index (χ1n) is 12.3. The van der Waals surface area contributed by atoms with Crippen LogP contribution in [0.25, 0.3) is 10.9 Å². The van der Waals surface area contributed by atoms with Crippen LogP contribution in [-0.2, 0) is 10.3 Å². The van der Waals surface area contributed by atoms with Gasteiger partial charge >= 0.3 is 6.09 Å². The Hall–Kier alpha value is -4.45. The van der Waals surface area contributed by atoms with E-state index in [9.17, 15) is 4.79 Å². The second-order valence-electron chi connectivity index (χ2n) is 10.0. The van der Waals surface area contributed by atoms with Gasteiger partial charge in [0.05, 0.1) is 11.2 Å². The fourth-order valence-electron chi connectivity index (χ4n) is 4.79. The third-order valence-electron chi connectivity index (χ3n) is 6.27. The third kappa shape index (κ3) is 4.58. The van der Waals surface area contributed by atoms with Crippen molar-refractivity contribution >= 4 is 22.8 Å². The Balaban J connectivity index is 1.80. The van der Waals surface area contributed by atoms with E-state index in [1.807, 2.05) is 88.4 Å². The van der Waals surface area contributed by atoms with E-state index in [-0.39, 0.29) is 0 Å². The van der Waals surface area contributed by atoms with Crippen LogP contribution < -0.4 is 5.32 Å². The topological polar surface area (TPSA) is 69.0 Å². The van der Waals surface area contributed by atoms with Gasteiger partial charge in [-0.05, 0) is 44.4 Å². The highest BCUT2D eigenvalue weighted by Gasteiger charge is 2.40. The van der Waals surface area contributed by atoms with Crippen molar-refractivity contribution in [1.29, 1.82) is 0 Å². The minimum absolute atomic E-state index is 0.394. The van der Waals surface area contributed by atoms with Crippen molar-refractivity contribution in [3.8, 4) is 0 Å². The Labute approximate surface area is 216 Å². The van der Waals surface area contributed by atoms with E-state index in [2.05, 4.69) is 51.4 Å². The number of pyridine rings is 1. The smallest absolute Gasteiger partial charge is 0.413 e. The monoisotopic (exact) mass is 490 g/mol. The Kier molecular flexibility index (Phi) is 6.25. The van der Waals surface area contributed by atoms with Crippen molar-refractivity contribution in [2.24, 2.45) is 0 Å². The maximum atomic E-state index is 12.5. The second-order valence-corrected chi connectivity index (χ2v) is 10.0. The Bertz CT molecular complexity index is 1430. The lowest BCUT2D eigenvalue weighted by Gasteiger charge is -2.37. The van der Waals surface area contributed by atoms with E-state index in [0.717, 1.165) is 33.3 Å². The number of anilines is 1. The predicted octanol–water partition coefficient (Wildman–Crippen LogP) is 6.93. The van der Waals surface area contributed by atoms with Crippen molar-refractivity contribution in [3.63, 3.8) is 0 Å². The first-order chi connectivity index (χ1) is 17.8. The molecule has 6 nitrogen and oxygen atoms in total. The van der Waals surface area contributed by atoms with Crippen molar-refractivity contribution in [1.82, 2.24) is 14.8 Å². The molecule has 37 heavy (non-hydrogen) atoms. The van der Waals surface area contributed by atoms with Gasteiger partial charge in [0.2, 0.25) is 0 Å². The molecule has 0 fully saturated rings. The summed E-state index contributed by atoms with van der Waals surface area (Å²) >= 11 is 0. The molecule has 3 aromatic carbocycles. The second kappa shape index (κ2) is 9.54. The van der Waals surface area contributed by atoms with Crippen LogP contribution in [0.4, 0.5) is 10.6 Å². The van der Waals surface area contributed by atoms with E-state index in [0.29, 0.717) is 5.82 Å². The highest BCUT2D eigenvalue weighted by Crippen LogP contribution is 2.42. The van der Waals surface area contributed by atoms with Crippen molar-refractivity contribution < 1.29 is 9.53 Å². The molecule has 0 saturated carbocycles. The Morgan fingerprint density at radius 1 is 0.811 bits per heavy atom. The summed E-state index contributed by atoms with van der Waals surface area (Å²) in [5.41, 5.74) is 3.49. The lowest BCUT2D eigenvalue weighted by molar-refractivity contribution is 0.0635. The first kappa shape index (κ1) is 24.3. The summed E-state index contributed by atoms with van der Waals surface area (Å²) in [4.78, 5) is 17.0. The standard InChI is InChI=1S/C31H30N4O2/c1-22-26-21-32-28(33-29(36)37-30(2,3)4)20-27(26)35(34-22)31(23-14-8-5-9-15-23,24-16-10-6-11-17-24)25-18-12-7-13-19-25/h5-21H,1-4H3,(H,32,33,36). The van der Waals surface area contributed by atoms with Gasteiger partial charge in [-0.15, -0.1) is 0 Å². The number of aryl methyl sites for hydroxylation is 1. The van der Waals surface area contributed by atoms with Crippen LogP contribution in [0.1, 0.15) is 43.2 Å². The number of benzene rings is 3. The van der Waals surface area contributed by atoms with E-state index in [1.54, 1.807) is 6.20 Å². The first-order valence-corrected chi connectivity index (χ1v) is 12.3. The summed E-state index contributed by atoms with van der Waals surface area (Å²) in [6.45, 7) is 7.47. The van der Waals surface area contributed by atoms with Gasteiger partial charge in [0.25, 0.3) is 0 Å². The number of ether oxygens (including phenoxy) is 1. The molecule has 0 atom stereocenters. The van der Waals surface area contributed by atoms with Crippen LogP contribution in [0, 0.1) is 6.92 Å². The molecule has 0 radical (unpaired) electrons. The zero-order valence-electron chi connectivity index (χ0n) is 21.5. The average Bonchev–Trinajstić information content (AvgIpc) is 3.21. The number of amides is 1. The predicted molar refractivity (Wildman–Crippen MR) is 147 cm³/mol. The molecule has 0 spiro atoms. The maximum absolute atomic E-state index is 12.5. The van der Waals surface area contributed by atoms with Gasteiger partial charge in [0, 0.05) is 17.6 Å². The lowest BCUT2D eigenvalue weighted by Crippen LogP contribution is -2.38. The molecule has 6 heteroatoms. The molecule has 0 aliphatic rings. The number of nitrogens with zero attached hydrogens (tertiary/aromatic N) is 3. The molecular weight excluding hydrogens is 460 g/mol. The fourth-order valence-corrected chi connectivity index (χ4v) is 4.79. The molecule has 2 heterocycles. The molecule has 186 valence electrons. The van der Waals surface area contributed by atoms with Crippen LogP contribution in [0.3, 0.4) is 0 Å². The van der Waals surface area contributed by atoms with Gasteiger partial charge in [-0.2, -0.15) is 5.10 Å². The molecule has 5 aromatic rings. The fraction of sp³-hybridized carbons (Fsp3) is 0.194. The summed E-state index contributed by atoms with van der Waals surface area (Å²) in [7, 11) is 0. The maximum Gasteiger partial charge on any atom is 0.413 e. The number of rotatable bonds is 5. The number of carbonyl (C=O) groups excluding carboxylic acids is 1. The SMILES string of the molecule is Cc1nn(C(c2ccccc2)(c2ccccc2)c2ccccc2)c2cc(NC(=O)OC(C)(C)C)ncc12.